The maximum atomic E-state index is 9.88. The number of rotatable bonds is 11. The van der Waals surface area contributed by atoms with Crippen LogP contribution in [0.4, 0.5) is 17.1 Å². The second-order valence-corrected chi connectivity index (χ2v) is 21.0. The fourth-order valence-electron chi connectivity index (χ4n) is 12.0. The zero-order valence-corrected chi connectivity index (χ0v) is 43.9. The molecule has 0 bridgehead atoms. The first-order chi connectivity index (χ1) is 43.8. The fraction of sp³-hybridized carbons (Fsp3) is 0.0130. The molecule has 1 aliphatic rings. The van der Waals surface area contributed by atoms with E-state index in [-0.39, 0.29) is 11.1 Å². The number of aromatic nitrogens is 1. The van der Waals surface area contributed by atoms with E-state index in [1.54, 1.807) is 0 Å². The molecule has 0 aliphatic heterocycles. The van der Waals surface area contributed by atoms with Crippen molar-refractivity contribution in [3.05, 3.63) is 337 Å². The molecule has 0 spiro atoms. The summed E-state index contributed by atoms with van der Waals surface area (Å²) in [6, 6.07) is 80.7. The van der Waals surface area contributed by atoms with E-state index in [4.69, 9.17) is 2.74 Å². The Labute approximate surface area is 485 Å². The third-order valence-corrected chi connectivity index (χ3v) is 16.9. The summed E-state index contributed by atoms with van der Waals surface area (Å²) in [5, 5.41) is 2.34. The summed E-state index contributed by atoms with van der Waals surface area (Å²) in [6.07, 6.45) is 0. The number of thiophene rings is 1. The van der Waals surface area contributed by atoms with Crippen LogP contribution < -0.4 is 4.90 Å². The highest BCUT2D eigenvalue weighted by molar-refractivity contribution is 7.19. The van der Waals surface area contributed by atoms with Gasteiger partial charge in [-0.15, -0.1) is 11.3 Å². The predicted octanol–water partition coefficient (Wildman–Crippen LogP) is 21.0. The van der Waals surface area contributed by atoms with Crippen molar-refractivity contribution in [1.82, 2.24) is 4.57 Å². The van der Waals surface area contributed by atoms with Gasteiger partial charge in [0.1, 0.15) is 0 Å². The average Bonchev–Trinajstić information content (AvgIpc) is 1.47. The van der Waals surface area contributed by atoms with Crippen LogP contribution in [0.15, 0.2) is 315 Å². The Hall–Kier alpha value is -10.1. The molecule has 0 radical (unpaired) electrons. The largest absolute Gasteiger partial charge is 0.311 e. The van der Waals surface area contributed by atoms with Gasteiger partial charge in [0, 0.05) is 48.8 Å². The minimum atomic E-state index is -2.09. The predicted molar refractivity (Wildman–Crippen MR) is 338 cm³/mol. The molecule has 2 aromatic heterocycles. The highest BCUT2D eigenvalue weighted by atomic mass is 32.1. The second kappa shape index (κ2) is 19.7. The van der Waals surface area contributed by atoms with E-state index in [1.807, 2.05) is 115 Å². The Morgan fingerprint density at radius 1 is 0.350 bits per heavy atom. The molecule has 2 nitrogen and oxygen atoms in total. The molecule has 0 atom stereocenters. The summed E-state index contributed by atoms with van der Waals surface area (Å²) in [5.41, 5.74) is 13.2. The van der Waals surface area contributed by atoms with Crippen molar-refractivity contribution in [1.29, 1.82) is 0 Å². The van der Waals surface area contributed by atoms with Gasteiger partial charge in [0.15, 0.2) is 0 Å². The minimum Gasteiger partial charge on any atom is -0.311 e. The van der Waals surface area contributed by atoms with Gasteiger partial charge in [-0.25, -0.2) is 0 Å². The normalized spacial score (nSPS) is 14.1. The molecule has 2 heterocycles. The smallest absolute Gasteiger partial charge is 0.0728 e. The van der Waals surface area contributed by atoms with Gasteiger partial charge in [0.2, 0.25) is 0 Å². The molecule has 0 fully saturated rings. The molecule has 0 saturated carbocycles. The van der Waals surface area contributed by atoms with Crippen LogP contribution in [0.2, 0.25) is 0 Å². The van der Waals surface area contributed by atoms with E-state index in [0.717, 1.165) is 77.6 Å². The Balaban J connectivity index is 0.910. The molecule has 3 heteroatoms. The Bertz CT molecular complexity index is 5020. The molecular formula is C77H52N2S. The van der Waals surface area contributed by atoms with Gasteiger partial charge in [-0.3, -0.25) is 0 Å². The molecule has 15 rings (SSSR count). The number of hydrogen-bond acceptors (Lipinski definition) is 2. The number of fused-ring (bicyclic) bond motifs is 6. The average molecular weight is 1050 g/mol. The monoisotopic (exact) mass is 1050 g/mol. The van der Waals surface area contributed by atoms with E-state index < -0.39 is 65.8 Å². The number of anilines is 3. The molecule has 1 aliphatic carbocycles. The van der Waals surface area contributed by atoms with Gasteiger partial charge in [-0.2, -0.15) is 0 Å². The highest BCUT2D eigenvalue weighted by Gasteiger charge is 2.50. The standard InChI is InChI=1S/C77H52N2S/c1-7-21-53(22-8-1)54-35-43-64(44-36-54)78(65-45-37-55(38-46-65)59-42-50-72-69(51-59)67-33-19-20-34-71(67)79(72)63-31-17-6-18-32-63)66-47-39-56(40-48-66)60-41-49-68-70(52-60)77(61-27-13-4-14-28-61,62-29-15-5-16-30-62)74-73(68)75(57-23-9-2-10-24-57)80-76(74)58-25-11-3-12-26-58/h1-52H/i4D,5D,13D,14D,15D,16D,27D,28D,29D,30D. The highest BCUT2D eigenvalue weighted by Crippen LogP contribution is 2.64. The van der Waals surface area contributed by atoms with Gasteiger partial charge in [0.25, 0.3) is 0 Å². The van der Waals surface area contributed by atoms with E-state index >= 15 is 0 Å². The second-order valence-electron chi connectivity index (χ2n) is 20.0. The van der Waals surface area contributed by atoms with E-state index in [1.165, 1.54) is 22.1 Å². The minimum absolute atomic E-state index is 0.217. The Morgan fingerprint density at radius 2 is 0.775 bits per heavy atom. The zero-order chi connectivity index (χ0) is 61.7. The van der Waals surface area contributed by atoms with Gasteiger partial charge in [0.05, 0.1) is 30.2 Å². The topological polar surface area (TPSA) is 8.17 Å². The van der Waals surface area contributed by atoms with Gasteiger partial charge in [-0.05, 0) is 145 Å². The van der Waals surface area contributed by atoms with Crippen molar-refractivity contribution in [3.8, 4) is 71.1 Å². The molecule has 376 valence electrons. The van der Waals surface area contributed by atoms with Crippen molar-refractivity contribution in [3.63, 3.8) is 0 Å². The first kappa shape index (κ1) is 37.7. The third-order valence-electron chi connectivity index (χ3n) is 15.6. The van der Waals surface area contributed by atoms with E-state index in [9.17, 15) is 11.0 Å². The number of nitrogens with zero attached hydrogens (tertiary/aromatic N) is 2. The van der Waals surface area contributed by atoms with Crippen LogP contribution in [0.3, 0.4) is 0 Å². The lowest BCUT2D eigenvalue weighted by Crippen LogP contribution is -2.28. The van der Waals surface area contributed by atoms with Crippen LogP contribution in [-0.2, 0) is 5.41 Å². The fourth-order valence-corrected chi connectivity index (χ4v) is 13.4. The zero-order valence-electron chi connectivity index (χ0n) is 53.1. The van der Waals surface area contributed by atoms with Crippen LogP contribution in [0.25, 0.3) is 92.9 Å². The SMILES string of the molecule is [2H]c1c([2H])c([2H])c(C2(c3c([2H])c([2H])c([2H])c([2H])c3[2H])c3cc(-c4ccc(N(c5ccc(-c6ccccc6)cc5)c5ccc(-c6ccc7c(c6)c6ccccc6n7-c6ccccc6)cc5)cc4)ccc3-c3c(-c4ccccc4)sc(-c4ccccc4)c32)c([2H])c1[2H]. The van der Waals surface area contributed by atoms with Crippen molar-refractivity contribution >= 4 is 50.2 Å². The van der Waals surface area contributed by atoms with Crippen molar-refractivity contribution in [2.75, 3.05) is 4.90 Å². The van der Waals surface area contributed by atoms with Crippen LogP contribution in [0, 0.1) is 0 Å². The molecule has 0 unspecified atom stereocenters. The van der Waals surface area contributed by atoms with Crippen LogP contribution in [0.5, 0.6) is 0 Å². The van der Waals surface area contributed by atoms with Gasteiger partial charge in [-0.1, -0.05) is 242 Å². The molecule has 80 heavy (non-hydrogen) atoms. The van der Waals surface area contributed by atoms with Gasteiger partial charge >= 0.3 is 0 Å². The summed E-state index contributed by atoms with van der Waals surface area (Å²) >= 11 is 1.46. The first-order valence-electron chi connectivity index (χ1n) is 31.7. The quantitative estimate of drug-likeness (QED) is 0.125. The Kier molecular flexibility index (Phi) is 9.30. The lowest BCUT2D eigenvalue weighted by Gasteiger charge is -2.34. The number of para-hydroxylation sites is 2. The summed E-state index contributed by atoms with van der Waals surface area (Å²) in [5.74, 6) is 0. The first-order valence-corrected chi connectivity index (χ1v) is 27.5. The maximum Gasteiger partial charge on any atom is 0.0728 e. The molecule has 12 aromatic carbocycles. The molecule has 14 aromatic rings. The Morgan fingerprint density at radius 3 is 1.34 bits per heavy atom. The van der Waals surface area contributed by atoms with Crippen molar-refractivity contribution in [2.24, 2.45) is 0 Å². The number of benzene rings is 12. The van der Waals surface area contributed by atoms with E-state index in [0.29, 0.717) is 32.7 Å². The summed E-state index contributed by atoms with van der Waals surface area (Å²) in [6.45, 7) is 0. The van der Waals surface area contributed by atoms with Crippen LogP contribution >= 0.6 is 11.3 Å². The summed E-state index contributed by atoms with van der Waals surface area (Å²) < 4.78 is 96.4. The van der Waals surface area contributed by atoms with Crippen molar-refractivity contribution in [2.45, 2.75) is 5.41 Å². The van der Waals surface area contributed by atoms with Crippen molar-refractivity contribution < 1.29 is 13.7 Å². The maximum absolute atomic E-state index is 9.88. The third kappa shape index (κ3) is 7.85. The van der Waals surface area contributed by atoms with E-state index in [2.05, 4.69) is 149 Å². The molecule has 0 N–H and O–H groups in total. The summed E-state index contributed by atoms with van der Waals surface area (Å²) in [4.78, 5) is 3.68. The molecular weight excluding hydrogens is 985 g/mol. The van der Waals surface area contributed by atoms with Crippen LogP contribution in [-0.4, -0.2) is 4.57 Å². The van der Waals surface area contributed by atoms with Crippen LogP contribution in [0.1, 0.15) is 36.0 Å². The van der Waals surface area contributed by atoms with Gasteiger partial charge < -0.3 is 9.47 Å². The summed E-state index contributed by atoms with van der Waals surface area (Å²) in [7, 11) is 0. The number of hydrogen-bond donors (Lipinski definition) is 0. The molecule has 0 amide bonds. The molecule has 0 saturated heterocycles. The lowest BCUT2D eigenvalue weighted by molar-refractivity contribution is 0.773. The lowest BCUT2D eigenvalue weighted by atomic mass is 9.67.